The van der Waals surface area contributed by atoms with Gasteiger partial charge in [-0.25, -0.2) is 4.79 Å². The molecular formula is C38H36N6O2. The van der Waals surface area contributed by atoms with Gasteiger partial charge in [-0.1, -0.05) is 97.1 Å². The van der Waals surface area contributed by atoms with E-state index in [0.717, 1.165) is 44.8 Å². The largest absolute Gasteiger partial charge is 0.389 e. The van der Waals surface area contributed by atoms with Crippen molar-refractivity contribution >= 4 is 6.03 Å². The molecule has 0 aliphatic carbocycles. The van der Waals surface area contributed by atoms with Crippen LogP contribution in [-0.4, -0.2) is 59.5 Å². The zero-order valence-electron chi connectivity index (χ0n) is 25.4. The molecule has 0 bridgehead atoms. The van der Waals surface area contributed by atoms with E-state index < -0.39 is 18.2 Å². The third-order valence-corrected chi connectivity index (χ3v) is 8.84. The number of carbonyl (C=O) groups excluding carboxylic acids is 1. The maximum atomic E-state index is 14.8. The number of carbonyl (C=O) groups is 1. The molecule has 0 unspecified atom stereocenters. The van der Waals surface area contributed by atoms with Gasteiger partial charge in [0.15, 0.2) is 0 Å². The van der Waals surface area contributed by atoms with Gasteiger partial charge in [-0.2, -0.15) is 10.2 Å². The molecule has 4 aromatic carbocycles. The van der Waals surface area contributed by atoms with E-state index in [1.54, 1.807) is 12.4 Å². The van der Waals surface area contributed by atoms with Crippen molar-refractivity contribution in [2.75, 3.05) is 0 Å². The Morgan fingerprint density at radius 1 is 0.565 bits per heavy atom. The third kappa shape index (κ3) is 6.34. The molecule has 46 heavy (non-hydrogen) atoms. The lowest BCUT2D eigenvalue weighted by molar-refractivity contribution is -0.0427. The van der Waals surface area contributed by atoms with E-state index in [2.05, 4.69) is 56.8 Å². The van der Waals surface area contributed by atoms with Gasteiger partial charge in [-0.05, 0) is 70.5 Å². The molecular weight excluding hydrogens is 572 g/mol. The minimum atomic E-state index is -0.801. The molecule has 6 aromatic rings. The van der Waals surface area contributed by atoms with Crippen LogP contribution in [0.3, 0.4) is 0 Å². The Labute approximate surface area is 268 Å². The van der Waals surface area contributed by atoms with Crippen LogP contribution in [0.2, 0.25) is 0 Å². The van der Waals surface area contributed by atoms with E-state index in [4.69, 9.17) is 0 Å². The fraction of sp³-hybridized carbons (Fsp3) is 0.184. The van der Waals surface area contributed by atoms with Crippen molar-refractivity contribution in [2.24, 2.45) is 0 Å². The molecule has 0 radical (unpaired) electrons. The number of aliphatic hydroxyl groups excluding tert-OH is 1. The Morgan fingerprint density at radius 2 is 1.00 bits per heavy atom. The van der Waals surface area contributed by atoms with Crippen LogP contribution >= 0.6 is 0 Å². The number of hydrogen-bond acceptors (Lipinski definition) is 4. The minimum absolute atomic E-state index is 0.0916. The molecule has 2 aromatic heterocycles. The van der Waals surface area contributed by atoms with Gasteiger partial charge in [-0.15, -0.1) is 0 Å². The molecule has 0 saturated carbocycles. The van der Waals surface area contributed by atoms with Gasteiger partial charge < -0.3 is 14.9 Å². The molecule has 1 aliphatic heterocycles. The van der Waals surface area contributed by atoms with Crippen molar-refractivity contribution in [3.8, 4) is 22.5 Å². The minimum Gasteiger partial charge on any atom is -0.389 e. The number of nitrogens with one attached hydrogen (secondary N) is 2. The summed E-state index contributed by atoms with van der Waals surface area (Å²) in [4.78, 5) is 18.5. The van der Waals surface area contributed by atoms with Crippen LogP contribution < -0.4 is 0 Å². The molecule has 3 heterocycles. The van der Waals surface area contributed by atoms with Crippen LogP contribution in [0.25, 0.3) is 22.5 Å². The summed E-state index contributed by atoms with van der Waals surface area (Å²) in [6.45, 7) is 0.718. The van der Waals surface area contributed by atoms with Gasteiger partial charge >= 0.3 is 6.03 Å². The molecule has 8 heteroatoms. The fourth-order valence-electron chi connectivity index (χ4n) is 6.52. The van der Waals surface area contributed by atoms with Crippen LogP contribution in [0.15, 0.2) is 134 Å². The third-order valence-electron chi connectivity index (χ3n) is 8.84. The highest BCUT2D eigenvalue weighted by atomic mass is 16.3. The summed E-state index contributed by atoms with van der Waals surface area (Å²) >= 11 is 0. The quantitative estimate of drug-likeness (QED) is 0.166. The van der Waals surface area contributed by atoms with Crippen LogP contribution in [0.1, 0.15) is 22.3 Å². The van der Waals surface area contributed by atoms with Gasteiger partial charge in [0.2, 0.25) is 0 Å². The number of H-pyrrole nitrogens is 2. The number of rotatable bonds is 10. The van der Waals surface area contributed by atoms with Crippen molar-refractivity contribution in [1.29, 1.82) is 0 Å². The first-order valence-corrected chi connectivity index (χ1v) is 15.6. The lowest BCUT2D eigenvalue weighted by Gasteiger charge is -2.49. The predicted molar refractivity (Wildman–Crippen MR) is 178 cm³/mol. The Bertz CT molecular complexity index is 1720. The van der Waals surface area contributed by atoms with Crippen molar-refractivity contribution in [1.82, 2.24) is 30.2 Å². The number of aliphatic hydroxyl groups is 1. The molecule has 1 saturated heterocycles. The molecule has 2 amide bonds. The Balaban J connectivity index is 1.26. The lowest BCUT2D eigenvalue weighted by atomic mass is 9.87. The average molecular weight is 609 g/mol. The van der Waals surface area contributed by atoms with Crippen molar-refractivity contribution in [3.63, 3.8) is 0 Å². The summed E-state index contributed by atoms with van der Waals surface area (Å²) < 4.78 is 0. The maximum absolute atomic E-state index is 14.8. The molecule has 0 spiro atoms. The number of benzene rings is 4. The maximum Gasteiger partial charge on any atom is 0.321 e. The monoisotopic (exact) mass is 608 g/mol. The highest BCUT2D eigenvalue weighted by molar-refractivity contribution is 5.77. The molecule has 8 nitrogen and oxygen atoms in total. The van der Waals surface area contributed by atoms with Crippen LogP contribution in [0.4, 0.5) is 4.79 Å². The first kappa shape index (κ1) is 29.3. The molecule has 230 valence electrons. The molecule has 1 fully saturated rings. The average Bonchev–Trinajstić information content (AvgIpc) is 3.84. The number of nitrogens with zero attached hydrogens (tertiary/aromatic N) is 4. The molecule has 7 rings (SSSR count). The van der Waals surface area contributed by atoms with Gasteiger partial charge in [0.25, 0.3) is 0 Å². The Hall–Kier alpha value is -5.47. The summed E-state index contributed by atoms with van der Waals surface area (Å²) in [5.74, 6) is 0. The standard InChI is InChI=1S/C38H36N6O2/c45-37-35(23-27-9-3-1-4-10-27)43(25-29-13-7-15-31(21-29)33-17-19-39-41-33)38(46)44(36(37)24-28-11-5-2-6-12-28)26-30-14-8-16-32(22-30)34-18-20-40-42-34/h1-22,35-37,45H,23-26H2,(H,39,41)(H,40,42)/t35-,36-/m1/s1. The van der Waals surface area contributed by atoms with Gasteiger partial charge in [0, 0.05) is 25.5 Å². The van der Waals surface area contributed by atoms with E-state index in [0.29, 0.717) is 25.9 Å². The molecule has 2 atom stereocenters. The Kier molecular flexibility index (Phi) is 8.43. The molecule has 3 N–H and O–H groups in total. The summed E-state index contributed by atoms with van der Waals surface area (Å²) in [6.07, 6.45) is 3.75. The van der Waals surface area contributed by atoms with E-state index in [1.165, 1.54) is 0 Å². The predicted octanol–water partition coefficient (Wildman–Crippen LogP) is 6.49. The SMILES string of the molecule is O=C1N(Cc2cccc(-c3ccn[nH]3)c2)[C@H](Cc2ccccc2)C(O)[C@@H](Cc2ccccc2)N1Cc1cccc(-c2ccn[nH]2)c1. The van der Waals surface area contributed by atoms with E-state index in [1.807, 2.05) is 94.7 Å². The highest BCUT2D eigenvalue weighted by Gasteiger charge is 2.46. The molecule has 1 aliphatic rings. The summed E-state index contributed by atoms with van der Waals surface area (Å²) in [5, 5.41) is 26.6. The fourth-order valence-corrected chi connectivity index (χ4v) is 6.52. The second kappa shape index (κ2) is 13.3. The zero-order chi connectivity index (χ0) is 31.3. The zero-order valence-corrected chi connectivity index (χ0v) is 25.4. The lowest BCUT2D eigenvalue weighted by Crippen LogP contribution is -2.66. The second-order valence-electron chi connectivity index (χ2n) is 11.9. The van der Waals surface area contributed by atoms with E-state index >= 15 is 0 Å². The van der Waals surface area contributed by atoms with Gasteiger partial charge in [0.05, 0.1) is 29.6 Å². The number of aromatic amines is 2. The summed E-state index contributed by atoms with van der Waals surface area (Å²) in [7, 11) is 0. The van der Waals surface area contributed by atoms with Crippen molar-refractivity contribution in [3.05, 3.63) is 156 Å². The van der Waals surface area contributed by atoms with Crippen LogP contribution in [0, 0.1) is 0 Å². The number of hydrogen-bond donors (Lipinski definition) is 3. The van der Waals surface area contributed by atoms with Crippen LogP contribution in [0.5, 0.6) is 0 Å². The highest BCUT2D eigenvalue weighted by Crippen LogP contribution is 2.32. The normalized spacial score (nSPS) is 17.0. The van der Waals surface area contributed by atoms with Gasteiger partial charge in [0.1, 0.15) is 0 Å². The summed E-state index contributed by atoms with van der Waals surface area (Å²) in [6, 6.07) is 39.5. The van der Waals surface area contributed by atoms with E-state index in [9.17, 15) is 9.90 Å². The van der Waals surface area contributed by atoms with Gasteiger partial charge in [-0.3, -0.25) is 10.2 Å². The number of aromatic nitrogens is 4. The van der Waals surface area contributed by atoms with Crippen LogP contribution in [-0.2, 0) is 25.9 Å². The number of urea groups is 1. The first-order valence-electron chi connectivity index (χ1n) is 15.6. The van der Waals surface area contributed by atoms with Crippen molar-refractivity contribution in [2.45, 2.75) is 44.1 Å². The van der Waals surface area contributed by atoms with Crippen molar-refractivity contribution < 1.29 is 9.90 Å². The Morgan fingerprint density at radius 3 is 1.41 bits per heavy atom. The smallest absolute Gasteiger partial charge is 0.321 e. The first-order chi connectivity index (χ1) is 22.6. The topological polar surface area (TPSA) is 101 Å². The second-order valence-corrected chi connectivity index (χ2v) is 11.9. The number of amides is 2. The van der Waals surface area contributed by atoms with E-state index in [-0.39, 0.29) is 6.03 Å². The summed E-state index contributed by atoms with van der Waals surface area (Å²) in [5.41, 5.74) is 7.93.